The van der Waals surface area contributed by atoms with Gasteiger partial charge in [0.2, 0.25) is 0 Å². The number of Topliss-reactive ketones (excluding diaryl/α,β-unsaturated/α-hetero) is 1. The van der Waals surface area contributed by atoms with Crippen molar-refractivity contribution in [2.75, 3.05) is 19.8 Å². The van der Waals surface area contributed by atoms with Crippen molar-refractivity contribution in [2.45, 2.75) is 96.1 Å². The number of fused-ring (bicyclic) bond motifs is 3. The summed E-state index contributed by atoms with van der Waals surface area (Å²) in [5, 5.41) is 59.9. The molecule has 11 atom stereocenters. The number of hydrogen-bond donors (Lipinski definition) is 6. The molecular weight excluding hydrogens is 456 g/mol. The van der Waals surface area contributed by atoms with Crippen molar-refractivity contribution in [2.24, 2.45) is 28.1 Å². The van der Waals surface area contributed by atoms with E-state index in [1.165, 1.54) is 5.57 Å². The molecule has 200 valence electrons. The van der Waals surface area contributed by atoms with Crippen LogP contribution in [0.5, 0.6) is 0 Å². The Morgan fingerprint density at radius 1 is 1.09 bits per heavy atom. The zero-order valence-corrected chi connectivity index (χ0v) is 21.0. The summed E-state index contributed by atoms with van der Waals surface area (Å²) in [6.45, 7) is 5.53. The van der Waals surface area contributed by atoms with Crippen LogP contribution in [0.1, 0.15) is 59.3 Å². The number of ether oxygens (including phenoxy) is 2. The molecule has 6 N–H and O–H groups in total. The van der Waals surface area contributed by atoms with Gasteiger partial charge in [0.05, 0.1) is 25.9 Å². The first kappa shape index (κ1) is 27.1. The van der Waals surface area contributed by atoms with E-state index in [-0.39, 0.29) is 36.2 Å². The number of ketones is 1. The number of rotatable bonds is 6. The van der Waals surface area contributed by atoms with Gasteiger partial charge in [-0.1, -0.05) is 32.4 Å². The van der Waals surface area contributed by atoms with Crippen LogP contribution in [0.25, 0.3) is 0 Å². The van der Waals surface area contributed by atoms with Crippen LogP contribution in [0.4, 0.5) is 0 Å². The topological polar surface area (TPSA) is 157 Å². The highest BCUT2D eigenvalue weighted by Crippen LogP contribution is 2.63. The summed E-state index contributed by atoms with van der Waals surface area (Å²) in [6, 6.07) is 0. The molecule has 4 aliphatic rings. The predicted octanol–water partition coefficient (Wildman–Crippen LogP) is 0.284. The summed E-state index contributed by atoms with van der Waals surface area (Å²) in [5.74, 6) is 0.538. The second-order valence-corrected chi connectivity index (χ2v) is 12.2. The van der Waals surface area contributed by atoms with E-state index in [1.807, 2.05) is 13.8 Å². The van der Waals surface area contributed by atoms with Crippen LogP contribution >= 0.6 is 0 Å². The molecule has 4 rings (SSSR count). The molecule has 0 aromatic rings. The summed E-state index contributed by atoms with van der Waals surface area (Å²) >= 11 is 0. The normalized spacial score (nSPS) is 49.1. The van der Waals surface area contributed by atoms with Gasteiger partial charge in [-0.3, -0.25) is 4.79 Å². The fourth-order valence-corrected chi connectivity index (χ4v) is 7.67. The maximum absolute atomic E-state index is 13.1. The Bertz CT molecular complexity index is 830. The molecule has 1 heterocycles. The molecule has 3 aliphatic carbocycles. The van der Waals surface area contributed by atoms with Crippen molar-refractivity contribution < 1.29 is 44.9 Å². The Kier molecular flexibility index (Phi) is 7.57. The highest BCUT2D eigenvalue weighted by molar-refractivity contribution is 5.81. The molecule has 0 spiro atoms. The first-order valence-corrected chi connectivity index (χ1v) is 12.8. The molecule has 3 fully saturated rings. The standard InChI is InChI=1S/C26H42O9/c1-24(19(30)12-28)7-6-16-14(8-24)4-5-18-25(2,9-15(29)10-26(16,18)3)13-34-23-22(33)21(32)20(31)17(11-27)35-23/h8,16-23,27-28,30-33H,4-7,9-13H2,1-3H3. The van der Waals surface area contributed by atoms with Gasteiger partial charge in [-0.15, -0.1) is 0 Å². The van der Waals surface area contributed by atoms with Crippen molar-refractivity contribution in [3.8, 4) is 0 Å². The van der Waals surface area contributed by atoms with Crippen molar-refractivity contribution in [3.05, 3.63) is 11.6 Å². The van der Waals surface area contributed by atoms with E-state index >= 15 is 0 Å². The van der Waals surface area contributed by atoms with E-state index in [0.717, 1.165) is 25.7 Å². The molecule has 0 bridgehead atoms. The highest BCUT2D eigenvalue weighted by atomic mass is 16.7. The summed E-state index contributed by atoms with van der Waals surface area (Å²) in [7, 11) is 0. The minimum Gasteiger partial charge on any atom is -0.394 e. The maximum atomic E-state index is 13.1. The lowest BCUT2D eigenvalue weighted by Gasteiger charge is -2.60. The fraction of sp³-hybridized carbons (Fsp3) is 0.885. The Balaban J connectivity index is 1.54. The second kappa shape index (κ2) is 9.76. The number of aliphatic hydroxyl groups is 6. The van der Waals surface area contributed by atoms with Crippen LogP contribution < -0.4 is 0 Å². The first-order valence-electron chi connectivity index (χ1n) is 12.8. The lowest BCUT2D eigenvalue weighted by molar-refractivity contribution is -0.309. The van der Waals surface area contributed by atoms with Crippen LogP contribution in [0.2, 0.25) is 0 Å². The van der Waals surface area contributed by atoms with Gasteiger partial charge < -0.3 is 40.1 Å². The summed E-state index contributed by atoms with van der Waals surface area (Å²) < 4.78 is 11.5. The Hall–Kier alpha value is -0.910. The van der Waals surface area contributed by atoms with Crippen LogP contribution in [-0.4, -0.2) is 93.1 Å². The third-order valence-electron chi connectivity index (χ3n) is 9.63. The third-order valence-corrected chi connectivity index (χ3v) is 9.63. The molecule has 1 saturated heterocycles. The predicted molar refractivity (Wildman–Crippen MR) is 125 cm³/mol. The Labute approximate surface area is 206 Å². The van der Waals surface area contributed by atoms with Gasteiger partial charge >= 0.3 is 0 Å². The highest BCUT2D eigenvalue weighted by Gasteiger charge is 2.59. The van der Waals surface area contributed by atoms with E-state index in [4.69, 9.17) is 9.47 Å². The maximum Gasteiger partial charge on any atom is 0.186 e. The quantitative estimate of drug-likeness (QED) is 0.283. The van der Waals surface area contributed by atoms with Crippen LogP contribution in [0.15, 0.2) is 11.6 Å². The monoisotopic (exact) mass is 498 g/mol. The lowest BCUT2D eigenvalue weighted by atomic mass is 9.45. The minimum absolute atomic E-state index is 0.133. The number of allylic oxidation sites excluding steroid dienone is 1. The average Bonchev–Trinajstić information content (AvgIpc) is 2.80. The van der Waals surface area contributed by atoms with Crippen molar-refractivity contribution in [1.29, 1.82) is 0 Å². The zero-order chi connectivity index (χ0) is 25.8. The van der Waals surface area contributed by atoms with E-state index in [1.54, 1.807) is 0 Å². The minimum atomic E-state index is -1.51. The molecular formula is C26H42O9. The van der Waals surface area contributed by atoms with E-state index in [9.17, 15) is 35.4 Å². The smallest absolute Gasteiger partial charge is 0.186 e. The molecule has 9 nitrogen and oxygen atoms in total. The molecule has 2 saturated carbocycles. The summed E-state index contributed by atoms with van der Waals surface area (Å²) in [5.41, 5.74) is -0.00667. The average molecular weight is 499 g/mol. The third kappa shape index (κ3) is 4.63. The molecule has 11 unspecified atom stereocenters. The molecule has 0 aromatic carbocycles. The molecule has 0 aromatic heterocycles. The van der Waals surface area contributed by atoms with Gasteiger partial charge in [0.1, 0.15) is 30.2 Å². The van der Waals surface area contributed by atoms with Gasteiger partial charge in [0.15, 0.2) is 6.29 Å². The Morgan fingerprint density at radius 3 is 2.46 bits per heavy atom. The van der Waals surface area contributed by atoms with E-state index < -0.39 is 54.2 Å². The summed E-state index contributed by atoms with van der Waals surface area (Å²) in [6.07, 6.45) is -1.27. The van der Waals surface area contributed by atoms with Crippen molar-refractivity contribution in [3.63, 3.8) is 0 Å². The van der Waals surface area contributed by atoms with Crippen LogP contribution in [-0.2, 0) is 14.3 Å². The van der Waals surface area contributed by atoms with Gasteiger partial charge in [0.25, 0.3) is 0 Å². The number of hydrogen-bond acceptors (Lipinski definition) is 9. The molecule has 9 heteroatoms. The van der Waals surface area contributed by atoms with E-state index in [0.29, 0.717) is 12.8 Å². The van der Waals surface area contributed by atoms with Crippen molar-refractivity contribution >= 4 is 5.78 Å². The summed E-state index contributed by atoms with van der Waals surface area (Å²) in [4.78, 5) is 13.1. The van der Waals surface area contributed by atoms with Gasteiger partial charge in [-0.05, 0) is 42.9 Å². The molecule has 0 radical (unpaired) electrons. The largest absolute Gasteiger partial charge is 0.394 e. The number of carbonyl (C=O) groups excluding carboxylic acids is 1. The van der Waals surface area contributed by atoms with E-state index in [2.05, 4.69) is 13.0 Å². The SMILES string of the molecule is CC1(C(O)CO)C=C2CCC3C(C)(COC4OC(CO)C(O)C(O)C4O)CC(=O)CC3(C)C2CC1. The number of carbonyl (C=O) groups is 1. The fourth-order valence-electron chi connectivity index (χ4n) is 7.67. The molecule has 0 amide bonds. The lowest BCUT2D eigenvalue weighted by Crippen LogP contribution is -2.60. The second-order valence-electron chi connectivity index (χ2n) is 12.2. The first-order chi connectivity index (χ1) is 16.4. The Morgan fingerprint density at radius 2 is 1.80 bits per heavy atom. The van der Waals surface area contributed by atoms with Gasteiger partial charge in [0, 0.05) is 23.7 Å². The van der Waals surface area contributed by atoms with Gasteiger partial charge in [-0.25, -0.2) is 0 Å². The number of aliphatic hydroxyl groups excluding tert-OH is 6. The van der Waals surface area contributed by atoms with Crippen LogP contribution in [0, 0.1) is 28.1 Å². The van der Waals surface area contributed by atoms with Crippen molar-refractivity contribution in [1.82, 2.24) is 0 Å². The van der Waals surface area contributed by atoms with Gasteiger partial charge in [-0.2, -0.15) is 0 Å². The molecule has 1 aliphatic heterocycles. The van der Waals surface area contributed by atoms with Crippen LogP contribution in [0.3, 0.4) is 0 Å². The molecule has 35 heavy (non-hydrogen) atoms. The zero-order valence-electron chi connectivity index (χ0n) is 21.0.